The van der Waals surface area contributed by atoms with Crippen molar-refractivity contribution in [3.63, 3.8) is 0 Å². The molecule has 1 fully saturated rings. The van der Waals surface area contributed by atoms with Gasteiger partial charge >= 0.3 is 0 Å². The quantitative estimate of drug-likeness (QED) is 0.701. The Kier molecular flexibility index (Phi) is 3.52. The number of morpholine rings is 1. The molecule has 1 aliphatic rings. The molecule has 0 aromatic carbocycles. The first-order valence-electron chi connectivity index (χ1n) is 5.24. The van der Waals surface area contributed by atoms with E-state index in [4.69, 9.17) is 10.00 Å². The lowest BCUT2D eigenvalue weighted by Crippen LogP contribution is -2.36. The van der Waals surface area contributed by atoms with Crippen LogP contribution in [0.25, 0.3) is 6.08 Å². The number of nitrogens with zero attached hydrogens (tertiary/aromatic N) is 3. The van der Waals surface area contributed by atoms with Crippen molar-refractivity contribution in [2.45, 2.75) is 0 Å². The number of aromatic nitrogens is 1. The predicted molar refractivity (Wildman–Crippen MR) is 61.9 cm³/mol. The maximum Gasteiger partial charge on any atom is 0.0912 e. The molecule has 0 amide bonds. The molecule has 0 spiro atoms. The van der Waals surface area contributed by atoms with Crippen LogP contribution in [0.5, 0.6) is 0 Å². The zero-order chi connectivity index (χ0) is 11.2. The van der Waals surface area contributed by atoms with Crippen molar-refractivity contribution >= 4 is 11.8 Å². The van der Waals surface area contributed by atoms with Gasteiger partial charge in [0, 0.05) is 25.4 Å². The Morgan fingerprint density at radius 1 is 1.38 bits per heavy atom. The van der Waals surface area contributed by atoms with Gasteiger partial charge < -0.3 is 9.64 Å². The summed E-state index contributed by atoms with van der Waals surface area (Å²) in [5, 5.41) is 8.46. The molecule has 0 atom stereocenters. The van der Waals surface area contributed by atoms with Crippen LogP contribution in [0.15, 0.2) is 24.5 Å². The Balaban J connectivity index is 2.15. The first-order chi connectivity index (χ1) is 7.90. The Bertz CT molecular complexity index is 417. The van der Waals surface area contributed by atoms with E-state index in [1.807, 2.05) is 18.3 Å². The van der Waals surface area contributed by atoms with E-state index >= 15 is 0 Å². The number of nitriles is 1. The van der Waals surface area contributed by atoms with Gasteiger partial charge in [0.15, 0.2) is 0 Å². The summed E-state index contributed by atoms with van der Waals surface area (Å²) < 4.78 is 5.30. The third-order valence-electron chi connectivity index (χ3n) is 2.47. The predicted octanol–water partition coefficient (Wildman–Crippen LogP) is 1.45. The summed E-state index contributed by atoms with van der Waals surface area (Å²) in [7, 11) is 0. The molecule has 0 unspecified atom stereocenters. The molecule has 4 heteroatoms. The smallest absolute Gasteiger partial charge is 0.0912 e. The van der Waals surface area contributed by atoms with Crippen LogP contribution in [0.4, 0.5) is 5.69 Å². The lowest BCUT2D eigenvalue weighted by Gasteiger charge is -2.28. The Labute approximate surface area is 94.8 Å². The van der Waals surface area contributed by atoms with Crippen molar-refractivity contribution in [3.8, 4) is 6.07 Å². The van der Waals surface area contributed by atoms with E-state index in [1.165, 1.54) is 6.08 Å². The van der Waals surface area contributed by atoms with Gasteiger partial charge in [-0.3, -0.25) is 4.98 Å². The van der Waals surface area contributed by atoms with E-state index in [0.717, 1.165) is 37.6 Å². The molecule has 0 aliphatic carbocycles. The molecule has 0 radical (unpaired) electrons. The van der Waals surface area contributed by atoms with E-state index in [9.17, 15) is 0 Å². The number of ether oxygens (including phenoxy) is 1. The average Bonchev–Trinajstić information content (AvgIpc) is 2.38. The maximum atomic E-state index is 8.46. The highest BCUT2D eigenvalue weighted by atomic mass is 16.5. The second kappa shape index (κ2) is 5.29. The molecule has 0 N–H and O–H groups in total. The van der Waals surface area contributed by atoms with Crippen LogP contribution in [0.2, 0.25) is 0 Å². The van der Waals surface area contributed by atoms with E-state index in [-0.39, 0.29) is 0 Å². The summed E-state index contributed by atoms with van der Waals surface area (Å²) >= 11 is 0. The lowest BCUT2D eigenvalue weighted by molar-refractivity contribution is 0.122. The Morgan fingerprint density at radius 3 is 2.94 bits per heavy atom. The largest absolute Gasteiger partial charge is 0.378 e. The molecular weight excluding hydrogens is 202 g/mol. The maximum absolute atomic E-state index is 8.46. The summed E-state index contributed by atoms with van der Waals surface area (Å²) in [5.41, 5.74) is 2.04. The zero-order valence-electron chi connectivity index (χ0n) is 8.97. The SMILES string of the molecule is N#C/C=C/c1cncc(N2CCOCC2)c1. The molecule has 1 aromatic rings. The summed E-state index contributed by atoms with van der Waals surface area (Å²) in [4.78, 5) is 6.41. The van der Waals surface area contributed by atoms with Crippen LogP contribution < -0.4 is 4.90 Å². The van der Waals surface area contributed by atoms with Gasteiger partial charge in [0.2, 0.25) is 0 Å². The minimum Gasteiger partial charge on any atom is -0.378 e. The Hall–Kier alpha value is -1.86. The molecule has 82 valence electrons. The van der Waals surface area contributed by atoms with Crippen LogP contribution in [0.1, 0.15) is 5.56 Å². The van der Waals surface area contributed by atoms with E-state index in [1.54, 1.807) is 12.3 Å². The van der Waals surface area contributed by atoms with Gasteiger partial charge in [0.25, 0.3) is 0 Å². The van der Waals surface area contributed by atoms with Crippen LogP contribution in [-0.4, -0.2) is 31.3 Å². The number of hydrogen-bond acceptors (Lipinski definition) is 4. The van der Waals surface area contributed by atoms with E-state index < -0.39 is 0 Å². The number of anilines is 1. The molecule has 1 saturated heterocycles. The third kappa shape index (κ3) is 2.59. The van der Waals surface area contributed by atoms with E-state index in [2.05, 4.69) is 9.88 Å². The molecule has 16 heavy (non-hydrogen) atoms. The minimum absolute atomic E-state index is 0.762. The second-order valence-corrected chi connectivity index (χ2v) is 3.54. The average molecular weight is 215 g/mol. The van der Waals surface area contributed by atoms with E-state index in [0.29, 0.717) is 0 Å². The van der Waals surface area contributed by atoms with Gasteiger partial charge in [-0.15, -0.1) is 0 Å². The first-order valence-corrected chi connectivity index (χ1v) is 5.24. The van der Waals surface area contributed by atoms with Gasteiger partial charge in [-0.1, -0.05) is 0 Å². The number of rotatable bonds is 2. The molecule has 4 nitrogen and oxygen atoms in total. The fraction of sp³-hybridized carbons (Fsp3) is 0.333. The molecule has 2 rings (SSSR count). The fourth-order valence-electron chi connectivity index (χ4n) is 1.66. The van der Waals surface area contributed by atoms with Crippen LogP contribution in [0, 0.1) is 11.3 Å². The third-order valence-corrected chi connectivity index (χ3v) is 2.47. The summed E-state index contributed by atoms with van der Waals surface area (Å²) in [6.07, 6.45) is 6.81. The molecular formula is C12H13N3O. The van der Waals surface area contributed by atoms with Crippen molar-refractivity contribution in [3.05, 3.63) is 30.1 Å². The summed E-state index contributed by atoms with van der Waals surface area (Å²) in [5.74, 6) is 0. The number of pyridine rings is 1. The Morgan fingerprint density at radius 2 is 2.19 bits per heavy atom. The summed E-state index contributed by atoms with van der Waals surface area (Å²) in [6.45, 7) is 3.32. The van der Waals surface area contributed by atoms with Gasteiger partial charge in [0.05, 0.1) is 31.2 Å². The van der Waals surface area contributed by atoms with Gasteiger partial charge in [-0.25, -0.2) is 0 Å². The highest BCUT2D eigenvalue weighted by Crippen LogP contribution is 2.16. The van der Waals surface area contributed by atoms with Crippen molar-refractivity contribution in [2.24, 2.45) is 0 Å². The van der Waals surface area contributed by atoms with Crippen LogP contribution >= 0.6 is 0 Å². The normalized spacial score (nSPS) is 16.3. The van der Waals surface area contributed by atoms with Gasteiger partial charge in [0.1, 0.15) is 0 Å². The highest BCUT2D eigenvalue weighted by molar-refractivity contribution is 5.57. The van der Waals surface area contributed by atoms with Crippen molar-refractivity contribution in [1.29, 1.82) is 5.26 Å². The molecule has 1 aromatic heterocycles. The van der Waals surface area contributed by atoms with Gasteiger partial charge in [-0.05, 0) is 17.7 Å². The zero-order valence-corrected chi connectivity index (χ0v) is 8.97. The highest BCUT2D eigenvalue weighted by Gasteiger charge is 2.11. The fourth-order valence-corrected chi connectivity index (χ4v) is 1.66. The molecule has 2 heterocycles. The monoisotopic (exact) mass is 215 g/mol. The number of allylic oxidation sites excluding steroid dienone is 1. The molecule has 0 saturated carbocycles. The van der Waals surface area contributed by atoms with Gasteiger partial charge in [-0.2, -0.15) is 5.26 Å². The van der Waals surface area contributed by atoms with Crippen LogP contribution in [0.3, 0.4) is 0 Å². The van der Waals surface area contributed by atoms with Crippen molar-refractivity contribution in [1.82, 2.24) is 4.98 Å². The second-order valence-electron chi connectivity index (χ2n) is 3.54. The first kappa shape index (κ1) is 10.7. The minimum atomic E-state index is 0.762. The molecule has 1 aliphatic heterocycles. The standard InChI is InChI=1S/C12H13N3O/c13-3-1-2-11-8-12(10-14-9-11)15-4-6-16-7-5-15/h1-2,8-10H,4-7H2/b2-1+. The molecule has 0 bridgehead atoms. The number of hydrogen-bond donors (Lipinski definition) is 0. The topological polar surface area (TPSA) is 49.2 Å². The lowest BCUT2D eigenvalue weighted by atomic mass is 10.2. The van der Waals surface area contributed by atoms with Crippen molar-refractivity contribution < 1.29 is 4.74 Å². The van der Waals surface area contributed by atoms with Crippen LogP contribution in [-0.2, 0) is 4.74 Å². The van der Waals surface area contributed by atoms with Crippen molar-refractivity contribution in [2.75, 3.05) is 31.2 Å². The summed E-state index contributed by atoms with van der Waals surface area (Å²) in [6, 6.07) is 4.01.